The molecule has 0 saturated heterocycles. The number of aliphatic carboxylic acids is 1. The molecule has 5 nitrogen and oxygen atoms in total. The third-order valence-electron chi connectivity index (χ3n) is 2.08. The summed E-state index contributed by atoms with van der Waals surface area (Å²) in [5.41, 5.74) is 0.382. The second kappa shape index (κ2) is 7.62. The van der Waals surface area contributed by atoms with Crippen LogP contribution in [0.5, 0.6) is 5.75 Å². The summed E-state index contributed by atoms with van der Waals surface area (Å²) >= 11 is 0. The minimum atomic E-state index is -1.01. The number of ether oxygens (including phenoxy) is 3. The number of rotatable bonds is 8. The Labute approximate surface area is 104 Å². The predicted octanol–water partition coefficient (Wildman–Crippen LogP) is 1.45. The summed E-state index contributed by atoms with van der Waals surface area (Å²) in [6, 6.07) is 4.02. The molecule has 0 unspecified atom stereocenters. The van der Waals surface area contributed by atoms with E-state index in [0.29, 0.717) is 18.8 Å². The summed E-state index contributed by atoms with van der Waals surface area (Å²) in [6.45, 7) is 0.706. The standard InChI is InChI=1S/C12H15FO5/c1-16-4-5-17-8-18-11-3-2-9(6-10(11)13)7-12(14)15/h2-3,6H,4-5,7-8H2,1H3,(H,14,15). The van der Waals surface area contributed by atoms with Crippen molar-refractivity contribution in [2.24, 2.45) is 0 Å². The second-order valence-corrected chi connectivity index (χ2v) is 3.50. The van der Waals surface area contributed by atoms with Crippen LogP contribution in [0.3, 0.4) is 0 Å². The maximum atomic E-state index is 13.5. The SMILES string of the molecule is COCCOCOc1ccc(CC(=O)O)cc1F. The Kier molecular flexibility index (Phi) is 6.10. The highest BCUT2D eigenvalue weighted by Crippen LogP contribution is 2.18. The highest BCUT2D eigenvalue weighted by molar-refractivity contribution is 5.70. The molecule has 1 N–H and O–H groups in total. The van der Waals surface area contributed by atoms with Crippen LogP contribution in [0.2, 0.25) is 0 Å². The first kappa shape index (κ1) is 14.4. The maximum absolute atomic E-state index is 13.5. The Morgan fingerprint density at radius 2 is 2.17 bits per heavy atom. The molecule has 100 valence electrons. The summed E-state index contributed by atoms with van der Waals surface area (Å²) in [5, 5.41) is 8.57. The monoisotopic (exact) mass is 258 g/mol. The quantitative estimate of drug-likeness (QED) is 0.564. The van der Waals surface area contributed by atoms with E-state index < -0.39 is 11.8 Å². The van der Waals surface area contributed by atoms with Crippen molar-refractivity contribution in [1.29, 1.82) is 0 Å². The molecule has 0 amide bonds. The van der Waals surface area contributed by atoms with Crippen molar-refractivity contribution in [3.05, 3.63) is 29.6 Å². The summed E-state index contributed by atoms with van der Waals surface area (Å²) < 4.78 is 28.3. The fourth-order valence-electron chi connectivity index (χ4n) is 1.25. The van der Waals surface area contributed by atoms with Crippen molar-refractivity contribution in [2.45, 2.75) is 6.42 Å². The molecule has 0 aliphatic carbocycles. The van der Waals surface area contributed by atoms with E-state index in [1.807, 2.05) is 0 Å². The van der Waals surface area contributed by atoms with Gasteiger partial charge in [-0.15, -0.1) is 0 Å². The largest absolute Gasteiger partial charge is 0.481 e. The molecule has 6 heteroatoms. The molecule has 0 aliphatic heterocycles. The highest BCUT2D eigenvalue weighted by Gasteiger charge is 2.07. The third-order valence-corrected chi connectivity index (χ3v) is 2.08. The number of carbonyl (C=O) groups is 1. The average molecular weight is 258 g/mol. The fourth-order valence-corrected chi connectivity index (χ4v) is 1.25. The lowest BCUT2D eigenvalue weighted by molar-refractivity contribution is -0.136. The molecule has 0 spiro atoms. The Bertz CT molecular complexity index is 394. The topological polar surface area (TPSA) is 65.0 Å². The van der Waals surface area contributed by atoms with Gasteiger partial charge in [0.05, 0.1) is 19.6 Å². The highest BCUT2D eigenvalue weighted by atomic mass is 19.1. The summed E-state index contributed by atoms with van der Waals surface area (Å²) in [7, 11) is 1.55. The van der Waals surface area contributed by atoms with E-state index in [2.05, 4.69) is 0 Å². The van der Waals surface area contributed by atoms with E-state index in [1.54, 1.807) is 7.11 Å². The van der Waals surface area contributed by atoms with E-state index in [1.165, 1.54) is 12.1 Å². The first-order chi connectivity index (χ1) is 8.63. The van der Waals surface area contributed by atoms with Crippen molar-refractivity contribution in [1.82, 2.24) is 0 Å². The van der Waals surface area contributed by atoms with Gasteiger partial charge in [-0.25, -0.2) is 4.39 Å². The Balaban J connectivity index is 2.44. The van der Waals surface area contributed by atoms with Crippen LogP contribution in [0.1, 0.15) is 5.56 Å². The lowest BCUT2D eigenvalue weighted by Gasteiger charge is -2.08. The molecule has 0 saturated carbocycles. The van der Waals surface area contributed by atoms with E-state index >= 15 is 0 Å². The summed E-state index contributed by atoms with van der Waals surface area (Å²) in [4.78, 5) is 10.5. The van der Waals surface area contributed by atoms with Crippen molar-refractivity contribution in [3.63, 3.8) is 0 Å². The average Bonchev–Trinajstić information content (AvgIpc) is 2.30. The summed E-state index contributed by atoms with van der Waals surface area (Å²) in [6.07, 6.45) is -0.221. The molecule has 0 fully saturated rings. The molecule has 0 atom stereocenters. The minimum Gasteiger partial charge on any atom is -0.481 e. The zero-order valence-corrected chi connectivity index (χ0v) is 10.0. The lowest BCUT2D eigenvalue weighted by atomic mass is 10.1. The van der Waals surface area contributed by atoms with Gasteiger partial charge in [-0.3, -0.25) is 4.79 Å². The van der Waals surface area contributed by atoms with Gasteiger partial charge >= 0.3 is 5.97 Å². The number of benzene rings is 1. The maximum Gasteiger partial charge on any atom is 0.307 e. The van der Waals surface area contributed by atoms with Crippen molar-refractivity contribution in [2.75, 3.05) is 27.1 Å². The van der Waals surface area contributed by atoms with Crippen LogP contribution in [0, 0.1) is 5.82 Å². The summed E-state index contributed by atoms with van der Waals surface area (Å²) in [5.74, 6) is -1.59. The van der Waals surface area contributed by atoms with Gasteiger partial charge in [0.25, 0.3) is 0 Å². The molecule has 1 rings (SSSR count). The van der Waals surface area contributed by atoms with E-state index in [4.69, 9.17) is 19.3 Å². The van der Waals surface area contributed by atoms with Gasteiger partial charge < -0.3 is 19.3 Å². The molecule has 0 heterocycles. The van der Waals surface area contributed by atoms with Gasteiger partial charge in [-0.2, -0.15) is 0 Å². The van der Waals surface area contributed by atoms with Crippen LogP contribution in [-0.4, -0.2) is 38.2 Å². The van der Waals surface area contributed by atoms with Crippen LogP contribution >= 0.6 is 0 Å². The van der Waals surface area contributed by atoms with Crippen molar-refractivity contribution >= 4 is 5.97 Å². The molecule has 1 aromatic rings. The molecule has 0 aliphatic rings. The molecule has 0 bridgehead atoms. The smallest absolute Gasteiger partial charge is 0.307 e. The van der Waals surface area contributed by atoms with Crippen molar-refractivity contribution in [3.8, 4) is 5.75 Å². The van der Waals surface area contributed by atoms with Crippen LogP contribution in [0.25, 0.3) is 0 Å². The number of hydrogen-bond acceptors (Lipinski definition) is 4. The Morgan fingerprint density at radius 3 is 2.78 bits per heavy atom. The molecule has 0 radical (unpaired) electrons. The number of methoxy groups -OCH3 is 1. The second-order valence-electron chi connectivity index (χ2n) is 3.50. The zero-order chi connectivity index (χ0) is 13.4. The third kappa shape index (κ3) is 5.11. The Hall–Kier alpha value is -1.66. The van der Waals surface area contributed by atoms with E-state index in [-0.39, 0.29) is 19.0 Å². The predicted molar refractivity (Wildman–Crippen MR) is 61.1 cm³/mol. The van der Waals surface area contributed by atoms with Crippen LogP contribution in [0.4, 0.5) is 4.39 Å². The molecule has 0 aromatic heterocycles. The van der Waals surface area contributed by atoms with Gasteiger partial charge in [-0.05, 0) is 17.7 Å². The number of hydrogen-bond donors (Lipinski definition) is 1. The number of halogens is 1. The van der Waals surface area contributed by atoms with E-state index in [9.17, 15) is 9.18 Å². The van der Waals surface area contributed by atoms with Gasteiger partial charge in [0.15, 0.2) is 18.4 Å². The molecule has 1 aromatic carbocycles. The minimum absolute atomic E-state index is 0.0292. The van der Waals surface area contributed by atoms with Crippen molar-refractivity contribution < 1.29 is 28.5 Å². The van der Waals surface area contributed by atoms with Gasteiger partial charge in [0, 0.05) is 7.11 Å². The first-order valence-corrected chi connectivity index (χ1v) is 5.33. The normalized spacial score (nSPS) is 10.3. The van der Waals surface area contributed by atoms with Gasteiger partial charge in [0.2, 0.25) is 0 Å². The van der Waals surface area contributed by atoms with Crippen LogP contribution in [-0.2, 0) is 20.7 Å². The number of carboxylic acids is 1. The van der Waals surface area contributed by atoms with Gasteiger partial charge in [0.1, 0.15) is 0 Å². The molecular weight excluding hydrogens is 243 g/mol. The van der Waals surface area contributed by atoms with Gasteiger partial charge in [-0.1, -0.05) is 6.07 Å². The first-order valence-electron chi connectivity index (χ1n) is 5.33. The van der Waals surface area contributed by atoms with Crippen LogP contribution in [0.15, 0.2) is 18.2 Å². The molecule has 18 heavy (non-hydrogen) atoms. The Morgan fingerprint density at radius 1 is 1.39 bits per heavy atom. The van der Waals surface area contributed by atoms with Crippen LogP contribution < -0.4 is 4.74 Å². The zero-order valence-electron chi connectivity index (χ0n) is 10.0. The molecular formula is C12H15FO5. The number of carboxylic acid groups (broad SMARTS) is 1. The lowest BCUT2D eigenvalue weighted by Crippen LogP contribution is -2.08. The van der Waals surface area contributed by atoms with E-state index in [0.717, 1.165) is 6.07 Å². The fraction of sp³-hybridized carbons (Fsp3) is 0.417.